The first-order valence-electron chi connectivity index (χ1n) is 7.50. The van der Waals surface area contributed by atoms with Crippen molar-refractivity contribution in [3.05, 3.63) is 52.8 Å². The molecule has 1 fully saturated rings. The highest BCUT2D eigenvalue weighted by Gasteiger charge is 2.16. The Morgan fingerprint density at radius 2 is 2.32 bits per heavy atom. The van der Waals surface area contributed by atoms with Crippen LogP contribution in [0.15, 0.2) is 36.7 Å². The Bertz CT molecular complexity index is 649. The molecule has 2 aromatic rings. The standard InChI is InChI=1S/C16H19ClN4O/c17-15-6-2-1-4-12(15)10-21-11-13(8-20-21)16(22)19-9-14-5-3-7-18-14/h1-2,4,6,8,11,14,18H,3,5,7,9-10H2,(H,19,22). The maximum Gasteiger partial charge on any atom is 0.254 e. The van der Waals surface area contributed by atoms with E-state index >= 15 is 0 Å². The van der Waals surface area contributed by atoms with Crippen LogP contribution in [0.3, 0.4) is 0 Å². The lowest BCUT2D eigenvalue weighted by atomic mass is 10.2. The number of rotatable bonds is 5. The van der Waals surface area contributed by atoms with Gasteiger partial charge in [0.2, 0.25) is 0 Å². The number of nitrogens with zero attached hydrogens (tertiary/aromatic N) is 2. The zero-order chi connectivity index (χ0) is 15.4. The Morgan fingerprint density at radius 3 is 3.09 bits per heavy atom. The van der Waals surface area contributed by atoms with Gasteiger partial charge in [0.25, 0.3) is 5.91 Å². The molecule has 1 aromatic carbocycles. The fourth-order valence-corrected chi connectivity index (χ4v) is 2.81. The van der Waals surface area contributed by atoms with Crippen LogP contribution < -0.4 is 10.6 Å². The van der Waals surface area contributed by atoms with E-state index in [0.717, 1.165) is 18.5 Å². The summed E-state index contributed by atoms with van der Waals surface area (Å²) >= 11 is 6.14. The van der Waals surface area contributed by atoms with E-state index in [-0.39, 0.29) is 5.91 Å². The van der Waals surface area contributed by atoms with Gasteiger partial charge in [0, 0.05) is 23.8 Å². The van der Waals surface area contributed by atoms with Crippen LogP contribution in [-0.4, -0.2) is 34.8 Å². The molecule has 5 nitrogen and oxygen atoms in total. The molecule has 116 valence electrons. The summed E-state index contributed by atoms with van der Waals surface area (Å²) in [6.07, 6.45) is 5.64. The van der Waals surface area contributed by atoms with Crippen LogP contribution in [-0.2, 0) is 6.54 Å². The van der Waals surface area contributed by atoms with Gasteiger partial charge in [0.15, 0.2) is 0 Å². The van der Waals surface area contributed by atoms with Crippen molar-refractivity contribution >= 4 is 17.5 Å². The zero-order valence-electron chi connectivity index (χ0n) is 12.3. The second-order valence-corrected chi connectivity index (χ2v) is 5.93. The Balaban J connectivity index is 1.58. The Kier molecular flexibility index (Phi) is 4.75. The maximum atomic E-state index is 12.1. The first-order valence-corrected chi connectivity index (χ1v) is 7.87. The highest BCUT2D eigenvalue weighted by atomic mass is 35.5. The molecule has 0 radical (unpaired) electrons. The third kappa shape index (κ3) is 3.67. The second kappa shape index (κ2) is 6.94. The first-order chi connectivity index (χ1) is 10.7. The van der Waals surface area contributed by atoms with Crippen molar-refractivity contribution < 1.29 is 4.79 Å². The second-order valence-electron chi connectivity index (χ2n) is 5.52. The fourth-order valence-electron chi connectivity index (χ4n) is 2.62. The van der Waals surface area contributed by atoms with Gasteiger partial charge in [0.05, 0.1) is 18.3 Å². The van der Waals surface area contributed by atoms with Gasteiger partial charge in [-0.15, -0.1) is 0 Å². The van der Waals surface area contributed by atoms with E-state index < -0.39 is 0 Å². The number of hydrogen-bond donors (Lipinski definition) is 2. The number of aromatic nitrogens is 2. The number of carbonyl (C=O) groups excluding carboxylic acids is 1. The molecule has 1 amide bonds. The molecule has 6 heteroatoms. The summed E-state index contributed by atoms with van der Waals surface area (Å²) in [4.78, 5) is 12.1. The number of carbonyl (C=O) groups is 1. The largest absolute Gasteiger partial charge is 0.350 e. The van der Waals surface area contributed by atoms with Crippen LogP contribution >= 0.6 is 11.6 Å². The summed E-state index contributed by atoms with van der Waals surface area (Å²) in [5.74, 6) is -0.0842. The fraction of sp³-hybridized carbons (Fsp3) is 0.375. The highest BCUT2D eigenvalue weighted by molar-refractivity contribution is 6.31. The van der Waals surface area contributed by atoms with Crippen molar-refractivity contribution in [2.75, 3.05) is 13.1 Å². The van der Waals surface area contributed by atoms with E-state index in [1.54, 1.807) is 17.1 Å². The van der Waals surface area contributed by atoms with Gasteiger partial charge in [-0.25, -0.2) is 0 Å². The molecule has 1 aliphatic rings. The molecule has 1 saturated heterocycles. The smallest absolute Gasteiger partial charge is 0.254 e. The molecule has 1 atom stereocenters. The minimum atomic E-state index is -0.0842. The van der Waals surface area contributed by atoms with Crippen LogP contribution in [0.1, 0.15) is 28.8 Å². The normalized spacial score (nSPS) is 17.6. The van der Waals surface area contributed by atoms with Crippen molar-refractivity contribution in [3.8, 4) is 0 Å². The van der Waals surface area contributed by atoms with Gasteiger partial charge in [0.1, 0.15) is 0 Å². The Hall–Kier alpha value is -1.85. The van der Waals surface area contributed by atoms with Crippen molar-refractivity contribution in [2.24, 2.45) is 0 Å². The lowest BCUT2D eigenvalue weighted by Crippen LogP contribution is -2.37. The van der Waals surface area contributed by atoms with E-state index in [1.165, 1.54) is 6.42 Å². The minimum absolute atomic E-state index is 0.0842. The molecule has 1 unspecified atom stereocenters. The van der Waals surface area contributed by atoms with E-state index in [9.17, 15) is 4.79 Å². The molecule has 1 aliphatic heterocycles. The van der Waals surface area contributed by atoms with Gasteiger partial charge in [-0.1, -0.05) is 29.8 Å². The number of benzene rings is 1. The lowest BCUT2D eigenvalue weighted by molar-refractivity contribution is 0.0950. The van der Waals surface area contributed by atoms with Crippen molar-refractivity contribution in [3.63, 3.8) is 0 Å². The van der Waals surface area contributed by atoms with Crippen molar-refractivity contribution in [1.29, 1.82) is 0 Å². The third-order valence-electron chi connectivity index (χ3n) is 3.86. The number of amides is 1. The molecule has 22 heavy (non-hydrogen) atoms. The number of nitrogens with one attached hydrogen (secondary N) is 2. The monoisotopic (exact) mass is 318 g/mol. The van der Waals surface area contributed by atoms with E-state index in [2.05, 4.69) is 15.7 Å². The average molecular weight is 319 g/mol. The molecule has 1 aromatic heterocycles. The summed E-state index contributed by atoms with van der Waals surface area (Å²) in [6, 6.07) is 8.03. The number of hydrogen-bond acceptors (Lipinski definition) is 3. The van der Waals surface area contributed by atoms with Gasteiger partial charge in [-0.05, 0) is 31.0 Å². The summed E-state index contributed by atoms with van der Waals surface area (Å²) < 4.78 is 1.73. The van der Waals surface area contributed by atoms with Crippen LogP contribution in [0.2, 0.25) is 5.02 Å². The Morgan fingerprint density at radius 1 is 1.45 bits per heavy atom. The topological polar surface area (TPSA) is 59.0 Å². The van der Waals surface area contributed by atoms with Crippen LogP contribution in [0.25, 0.3) is 0 Å². The first kappa shape index (κ1) is 15.1. The molecule has 3 rings (SSSR count). The summed E-state index contributed by atoms with van der Waals surface area (Å²) in [5.41, 5.74) is 1.56. The minimum Gasteiger partial charge on any atom is -0.350 e. The number of halogens is 1. The molecule has 2 heterocycles. The molecule has 2 N–H and O–H groups in total. The van der Waals surface area contributed by atoms with Crippen LogP contribution in [0.5, 0.6) is 0 Å². The lowest BCUT2D eigenvalue weighted by Gasteiger charge is -2.10. The van der Waals surface area contributed by atoms with Gasteiger partial charge >= 0.3 is 0 Å². The quantitative estimate of drug-likeness (QED) is 0.887. The summed E-state index contributed by atoms with van der Waals surface area (Å²) in [6.45, 7) is 2.25. The van der Waals surface area contributed by atoms with Crippen molar-refractivity contribution in [1.82, 2.24) is 20.4 Å². The molecule has 0 aliphatic carbocycles. The van der Waals surface area contributed by atoms with Gasteiger partial charge < -0.3 is 10.6 Å². The van der Waals surface area contributed by atoms with Crippen molar-refractivity contribution in [2.45, 2.75) is 25.4 Å². The molecule has 0 bridgehead atoms. The molecular formula is C16H19ClN4O. The SMILES string of the molecule is O=C(NCC1CCCN1)c1cnn(Cc2ccccc2Cl)c1. The van der Waals surface area contributed by atoms with Gasteiger partial charge in [-0.3, -0.25) is 9.48 Å². The third-order valence-corrected chi connectivity index (χ3v) is 4.23. The van der Waals surface area contributed by atoms with E-state index in [4.69, 9.17) is 11.6 Å². The highest BCUT2D eigenvalue weighted by Crippen LogP contribution is 2.16. The van der Waals surface area contributed by atoms with Crippen LogP contribution in [0.4, 0.5) is 0 Å². The molecule has 0 spiro atoms. The zero-order valence-corrected chi connectivity index (χ0v) is 13.0. The van der Waals surface area contributed by atoms with E-state index in [1.807, 2.05) is 24.3 Å². The average Bonchev–Trinajstić information content (AvgIpc) is 3.19. The van der Waals surface area contributed by atoms with Crippen LogP contribution in [0, 0.1) is 0 Å². The molecular weight excluding hydrogens is 300 g/mol. The Labute approximate surface area is 134 Å². The van der Waals surface area contributed by atoms with Gasteiger partial charge in [-0.2, -0.15) is 5.10 Å². The maximum absolute atomic E-state index is 12.1. The van der Waals surface area contributed by atoms with E-state index in [0.29, 0.717) is 29.7 Å². The summed E-state index contributed by atoms with van der Waals surface area (Å²) in [7, 11) is 0. The predicted octanol–water partition coefficient (Wildman–Crippen LogP) is 2.07. The molecule has 0 saturated carbocycles. The summed E-state index contributed by atoms with van der Waals surface area (Å²) in [5, 5.41) is 11.2. The predicted molar refractivity (Wildman–Crippen MR) is 86.1 cm³/mol.